The van der Waals surface area contributed by atoms with Crippen molar-refractivity contribution < 1.29 is 9.53 Å². The highest BCUT2D eigenvalue weighted by molar-refractivity contribution is 7.11. The number of ether oxygens (including phenoxy) is 1. The van der Waals surface area contributed by atoms with Gasteiger partial charge in [0.1, 0.15) is 11.1 Å². The van der Waals surface area contributed by atoms with Gasteiger partial charge >= 0.3 is 5.97 Å². The Hall–Kier alpha value is -3.81. The van der Waals surface area contributed by atoms with Crippen LogP contribution in [0.5, 0.6) is 0 Å². The number of dihydropyridines is 1. The summed E-state index contributed by atoms with van der Waals surface area (Å²) in [5.74, 6) is -0.367. The normalized spacial score (nSPS) is 18.3. The molecule has 188 valence electrons. The van der Waals surface area contributed by atoms with Crippen LogP contribution >= 0.6 is 11.3 Å². The SMILES string of the molecule is C=c1ccc(C2=C(c3cccc(C)n3)NC=CC2)c/c1=C/C(=C\C)c1nc(C(=O)O[C@@H]2CCNC2)cs1. The quantitative estimate of drug-likeness (QED) is 0.488. The van der Waals surface area contributed by atoms with Gasteiger partial charge in [-0.2, -0.15) is 0 Å². The lowest BCUT2D eigenvalue weighted by molar-refractivity contribution is 0.0338. The summed E-state index contributed by atoms with van der Waals surface area (Å²) in [6.45, 7) is 9.80. The first-order valence-corrected chi connectivity index (χ1v) is 13.3. The molecule has 6 nitrogen and oxygen atoms in total. The van der Waals surface area contributed by atoms with Gasteiger partial charge in [-0.05, 0) is 85.3 Å². The summed E-state index contributed by atoms with van der Waals surface area (Å²) >= 11 is 1.44. The molecule has 1 saturated heterocycles. The van der Waals surface area contributed by atoms with Gasteiger partial charge in [-0.3, -0.25) is 4.98 Å². The van der Waals surface area contributed by atoms with Gasteiger partial charge < -0.3 is 15.4 Å². The van der Waals surface area contributed by atoms with Crippen molar-refractivity contribution >= 4 is 46.8 Å². The maximum atomic E-state index is 12.6. The van der Waals surface area contributed by atoms with Gasteiger partial charge in [-0.15, -0.1) is 11.3 Å². The van der Waals surface area contributed by atoms with E-state index >= 15 is 0 Å². The number of allylic oxidation sites excluding steroid dienone is 4. The van der Waals surface area contributed by atoms with Gasteiger partial charge in [0.25, 0.3) is 0 Å². The Morgan fingerprint density at radius 2 is 2.14 bits per heavy atom. The van der Waals surface area contributed by atoms with Crippen molar-refractivity contribution in [3.63, 3.8) is 0 Å². The fraction of sp³-hybridized carbons (Fsp3) is 0.233. The molecule has 0 bridgehead atoms. The number of nitrogens with one attached hydrogen (secondary N) is 2. The topological polar surface area (TPSA) is 76.1 Å². The molecule has 1 atom stereocenters. The lowest BCUT2D eigenvalue weighted by Crippen LogP contribution is -2.24. The van der Waals surface area contributed by atoms with Crippen molar-refractivity contribution in [2.24, 2.45) is 0 Å². The highest BCUT2D eigenvalue weighted by Crippen LogP contribution is 2.29. The van der Waals surface area contributed by atoms with E-state index in [1.807, 2.05) is 50.4 Å². The lowest BCUT2D eigenvalue weighted by Gasteiger charge is -2.18. The summed E-state index contributed by atoms with van der Waals surface area (Å²) in [6, 6.07) is 12.4. The van der Waals surface area contributed by atoms with E-state index in [0.717, 1.165) is 63.1 Å². The fourth-order valence-corrected chi connectivity index (χ4v) is 5.31. The van der Waals surface area contributed by atoms with Crippen LogP contribution in [0.15, 0.2) is 60.1 Å². The van der Waals surface area contributed by atoms with Crippen molar-refractivity contribution in [3.8, 4) is 0 Å². The lowest BCUT2D eigenvalue weighted by atomic mass is 9.95. The Bertz CT molecular complexity index is 1530. The number of benzene rings is 1. The first kappa shape index (κ1) is 24.9. The predicted molar refractivity (Wildman–Crippen MR) is 151 cm³/mol. The van der Waals surface area contributed by atoms with Crippen molar-refractivity contribution in [3.05, 3.63) is 98.2 Å². The van der Waals surface area contributed by atoms with E-state index in [2.05, 4.69) is 46.5 Å². The van der Waals surface area contributed by atoms with Gasteiger partial charge in [-0.25, -0.2) is 9.78 Å². The maximum Gasteiger partial charge on any atom is 0.358 e. The number of carbonyl (C=O) groups is 1. The van der Waals surface area contributed by atoms with E-state index in [9.17, 15) is 4.79 Å². The van der Waals surface area contributed by atoms with Gasteiger partial charge in [0.15, 0.2) is 5.69 Å². The molecule has 7 heteroatoms. The molecular formula is C30H30N4O2S. The molecule has 0 spiro atoms. The van der Waals surface area contributed by atoms with Crippen molar-refractivity contribution in [1.82, 2.24) is 20.6 Å². The summed E-state index contributed by atoms with van der Waals surface area (Å²) in [5, 5.41) is 11.1. The van der Waals surface area contributed by atoms with Crippen molar-refractivity contribution in [2.45, 2.75) is 32.8 Å². The zero-order valence-electron chi connectivity index (χ0n) is 21.1. The van der Waals surface area contributed by atoms with Crippen LogP contribution in [-0.2, 0) is 4.74 Å². The number of thiazole rings is 1. The second-order valence-electron chi connectivity index (χ2n) is 9.13. The first-order chi connectivity index (χ1) is 18.0. The Balaban J connectivity index is 1.47. The number of nitrogens with zero attached hydrogens (tertiary/aromatic N) is 2. The van der Waals surface area contributed by atoms with Crippen molar-refractivity contribution in [1.29, 1.82) is 0 Å². The molecule has 0 aliphatic carbocycles. The van der Waals surface area contributed by atoms with Crippen LogP contribution in [0.3, 0.4) is 0 Å². The molecular weight excluding hydrogens is 480 g/mol. The van der Waals surface area contributed by atoms with E-state index in [1.54, 1.807) is 5.38 Å². The predicted octanol–water partition coefficient (Wildman–Crippen LogP) is 4.03. The Morgan fingerprint density at radius 3 is 2.92 bits per heavy atom. The molecule has 0 unspecified atom stereocenters. The molecule has 4 heterocycles. The minimum atomic E-state index is -0.367. The number of carbonyl (C=O) groups excluding carboxylic acids is 1. The average Bonchev–Trinajstić information content (AvgIpc) is 3.61. The molecule has 0 saturated carbocycles. The van der Waals surface area contributed by atoms with Crippen LogP contribution in [0.4, 0.5) is 0 Å². The van der Waals surface area contributed by atoms with E-state index in [0.29, 0.717) is 12.2 Å². The number of rotatable bonds is 6. The minimum Gasteiger partial charge on any atom is -0.456 e. The molecule has 2 N–H and O–H groups in total. The van der Waals surface area contributed by atoms with Crippen LogP contribution in [0.25, 0.3) is 29.5 Å². The summed E-state index contributed by atoms with van der Waals surface area (Å²) < 4.78 is 5.58. The molecule has 1 fully saturated rings. The summed E-state index contributed by atoms with van der Waals surface area (Å²) in [4.78, 5) is 21.9. The zero-order valence-corrected chi connectivity index (χ0v) is 21.9. The summed E-state index contributed by atoms with van der Waals surface area (Å²) in [6.07, 6.45) is 9.73. The van der Waals surface area contributed by atoms with Gasteiger partial charge in [0, 0.05) is 23.2 Å². The van der Waals surface area contributed by atoms with E-state index in [4.69, 9.17) is 9.72 Å². The summed E-state index contributed by atoms with van der Waals surface area (Å²) in [7, 11) is 0. The Morgan fingerprint density at radius 1 is 1.24 bits per heavy atom. The number of esters is 1. The average molecular weight is 511 g/mol. The Kier molecular flexibility index (Phi) is 7.44. The zero-order chi connectivity index (χ0) is 25.8. The van der Waals surface area contributed by atoms with E-state index in [1.165, 1.54) is 16.9 Å². The molecule has 2 aliphatic rings. The molecule has 3 aromatic rings. The molecule has 2 aromatic heterocycles. The second kappa shape index (κ2) is 11.1. The monoisotopic (exact) mass is 510 g/mol. The summed E-state index contributed by atoms with van der Waals surface area (Å²) in [5.41, 5.74) is 6.49. The van der Waals surface area contributed by atoms with E-state index in [-0.39, 0.29) is 12.1 Å². The van der Waals surface area contributed by atoms with Gasteiger partial charge in [0.05, 0.1) is 11.4 Å². The molecule has 37 heavy (non-hydrogen) atoms. The van der Waals surface area contributed by atoms with Gasteiger partial charge in [-0.1, -0.05) is 36.9 Å². The number of hydrogen-bond donors (Lipinski definition) is 2. The molecule has 2 aliphatic heterocycles. The van der Waals surface area contributed by atoms with Crippen LogP contribution in [0.2, 0.25) is 0 Å². The van der Waals surface area contributed by atoms with Crippen molar-refractivity contribution in [2.75, 3.05) is 13.1 Å². The highest BCUT2D eigenvalue weighted by atomic mass is 32.1. The van der Waals surface area contributed by atoms with Crippen LogP contribution in [-0.4, -0.2) is 35.1 Å². The van der Waals surface area contributed by atoms with Crippen LogP contribution in [0, 0.1) is 6.92 Å². The maximum absolute atomic E-state index is 12.6. The largest absolute Gasteiger partial charge is 0.456 e. The molecule has 1 aromatic carbocycles. The third-order valence-corrected chi connectivity index (χ3v) is 7.37. The molecule has 0 amide bonds. The third-order valence-electron chi connectivity index (χ3n) is 6.48. The first-order valence-electron chi connectivity index (χ1n) is 12.5. The second-order valence-corrected chi connectivity index (χ2v) is 9.99. The number of pyridine rings is 1. The van der Waals surface area contributed by atoms with Crippen LogP contribution < -0.4 is 21.1 Å². The molecule has 0 radical (unpaired) electrons. The number of hydrogen-bond acceptors (Lipinski definition) is 7. The fourth-order valence-electron chi connectivity index (χ4n) is 4.47. The Labute approximate surface area is 220 Å². The van der Waals surface area contributed by atoms with Gasteiger partial charge in [0.2, 0.25) is 0 Å². The standard InChI is InChI=1S/C30H30N4O2S/c1-4-21(29-34-27(18-37-29)30(35)36-24-12-14-31-17-24)15-23-16-22(11-10-19(23)2)25-8-6-13-32-28(25)26-9-5-7-20(3)33-26/h4-7,9-11,13,15-16,18,24,31-32H,2,8,12,14,17H2,1,3H3/b21-4+,23-15-/t24-/m1/s1. The number of aromatic nitrogens is 2. The van der Waals surface area contributed by atoms with Crippen LogP contribution in [0.1, 0.15) is 52.2 Å². The number of aryl methyl sites for hydroxylation is 1. The van der Waals surface area contributed by atoms with E-state index < -0.39 is 0 Å². The third kappa shape index (κ3) is 5.63. The minimum absolute atomic E-state index is 0.0832. The highest BCUT2D eigenvalue weighted by Gasteiger charge is 2.22. The smallest absolute Gasteiger partial charge is 0.358 e. The molecule has 5 rings (SSSR count).